The van der Waals surface area contributed by atoms with Gasteiger partial charge in [-0.1, -0.05) is 13.8 Å². The highest BCUT2D eigenvalue weighted by atomic mass is 16.5. The van der Waals surface area contributed by atoms with E-state index < -0.39 is 0 Å². The molecule has 3 nitrogen and oxygen atoms in total. The molecule has 0 aromatic rings. The zero-order valence-corrected chi connectivity index (χ0v) is 11.6. The van der Waals surface area contributed by atoms with Gasteiger partial charge in [-0.2, -0.15) is 0 Å². The predicted octanol–water partition coefficient (Wildman–Crippen LogP) is 1.86. The topological polar surface area (TPSA) is 38.5 Å². The Morgan fingerprint density at radius 3 is 2.71 bits per heavy atom. The summed E-state index contributed by atoms with van der Waals surface area (Å²) >= 11 is 0. The van der Waals surface area contributed by atoms with E-state index in [0.29, 0.717) is 6.10 Å². The largest absolute Gasteiger partial charge is 0.377 e. The second-order valence-corrected chi connectivity index (χ2v) is 6.32. The molecule has 2 fully saturated rings. The third kappa shape index (κ3) is 2.67. The number of nitrogens with two attached hydrogens (primary N) is 1. The van der Waals surface area contributed by atoms with Crippen LogP contribution in [0.15, 0.2) is 0 Å². The summed E-state index contributed by atoms with van der Waals surface area (Å²) < 4.78 is 5.73. The van der Waals surface area contributed by atoms with Crippen LogP contribution in [0.2, 0.25) is 0 Å². The summed E-state index contributed by atoms with van der Waals surface area (Å²) in [7, 11) is 0. The first-order valence-electron chi connectivity index (χ1n) is 7.14. The molecule has 0 radical (unpaired) electrons. The molecule has 1 heterocycles. The molecule has 0 aromatic carbocycles. The SMILES string of the molecule is CC1CN(C2(CN)CC(C(C)C)C2)CCCO1. The van der Waals surface area contributed by atoms with E-state index in [0.717, 1.165) is 44.5 Å². The van der Waals surface area contributed by atoms with Gasteiger partial charge in [0.25, 0.3) is 0 Å². The first kappa shape index (κ1) is 13.3. The van der Waals surface area contributed by atoms with E-state index in [2.05, 4.69) is 25.7 Å². The van der Waals surface area contributed by atoms with Crippen LogP contribution >= 0.6 is 0 Å². The smallest absolute Gasteiger partial charge is 0.0674 e. The van der Waals surface area contributed by atoms with Crippen molar-refractivity contribution in [3.05, 3.63) is 0 Å². The number of nitrogens with zero attached hydrogens (tertiary/aromatic N) is 1. The van der Waals surface area contributed by atoms with Crippen LogP contribution < -0.4 is 5.73 Å². The summed E-state index contributed by atoms with van der Waals surface area (Å²) in [5.41, 5.74) is 6.36. The van der Waals surface area contributed by atoms with E-state index >= 15 is 0 Å². The molecule has 1 unspecified atom stereocenters. The summed E-state index contributed by atoms with van der Waals surface area (Å²) in [6, 6.07) is 0. The molecule has 1 atom stereocenters. The van der Waals surface area contributed by atoms with Crippen LogP contribution in [0.5, 0.6) is 0 Å². The Balaban J connectivity index is 1.98. The van der Waals surface area contributed by atoms with E-state index in [1.165, 1.54) is 12.8 Å². The van der Waals surface area contributed by atoms with Crippen molar-refractivity contribution < 1.29 is 4.74 Å². The quantitative estimate of drug-likeness (QED) is 0.818. The fourth-order valence-corrected chi connectivity index (χ4v) is 3.37. The van der Waals surface area contributed by atoms with Crippen LogP contribution in [-0.2, 0) is 4.74 Å². The van der Waals surface area contributed by atoms with Crippen LogP contribution in [0.1, 0.15) is 40.0 Å². The van der Waals surface area contributed by atoms with E-state index in [-0.39, 0.29) is 5.54 Å². The molecule has 2 N–H and O–H groups in total. The van der Waals surface area contributed by atoms with Crippen LogP contribution in [-0.4, -0.2) is 42.8 Å². The highest BCUT2D eigenvalue weighted by molar-refractivity contribution is 5.04. The summed E-state index contributed by atoms with van der Waals surface area (Å²) in [5.74, 6) is 1.67. The van der Waals surface area contributed by atoms with Gasteiger partial charge in [0.05, 0.1) is 6.10 Å². The highest BCUT2D eigenvalue weighted by Gasteiger charge is 2.48. The van der Waals surface area contributed by atoms with E-state index in [1.54, 1.807) is 0 Å². The average Bonchev–Trinajstić information content (AvgIpc) is 2.42. The second-order valence-electron chi connectivity index (χ2n) is 6.32. The minimum Gasteiger partial charge on any atom is -0.377 e. The van der Waals surface area contributed by atoms with Gasteiger partial charge in [0, 0.05) is 31.8 Å². The minimum absolute atomic E-state index is 0.289. The lowest BCUT2D eigenvalue weighted by Gasteiger charge is -2.55. The molecule has 0 bridgehead atoms. The van der Waals surface area contributed by atoms with Gasteiger partial charge >= 0.3 is 0 Å². The van der Waals surface area contributed by atoms with Crippen molar-refractivity contribution in [1.29, 1.82) is 0 Å². The first-order valence-corrected chi connectivity index (χ1v) is 7.14. The molecule has 1 aliphatic carbocycles. The maximum Gasteiger partial charge on any atom is 0.0674 e. The fraction of sp³-hybridized carbons (Fsp3) is 1.00. The maximum atomic E-state index is 6.08. The Labute approximate surface area is 106 Å². The van der Waals surface area contributed by atoms with Crippen molar-refractivity contribution in [2.75, 3.05) is 26.2 Å². The molecule has 100 valence electrons. The molecule has 2 aliphatic rings. The Bertz CT molecular complexity index is 249. The summed E-state index contributed by atoms with van der Waals surface area (Å²) in [6.07, 6.45) is 4.08. The number of ether oxygens (including phenoxy) is 1. The van der Waals surface area contributed by atoms with Crippen LogP contribution in [0.25, 0.3) is 0 Å². The summed E-state index contributed by atoms with van der Waals surface area (Å²) in [5, 5.41) is 0. The lowest BCUT2D eigenvalue weighted by Crippen LogP contribution is -2.63. The molecule has 3 heteroatoms. The van der Waals surface area contributed by atoms with E-state index in [9.17, 15) is 0 Å². The Hall–Kier alpha value is -0.120. The van der Waals surface area contributed by atoms with Crippen molar-refractivity contribution in [1.82, 2.24) is 4.90 Å². The van der Waals surface area contributed by atoms with Crippen LogP contribution in [0.3, 0.4) is 0 Å². The molecule has 0 spiro atoms. The zero-order valence-electron chi connectivity index (χ0n) is 11.6. The van der Waals surface area contributed by atoms with Crippen molar-refractivity contribution >= 4 is 0 Å². The summed E-state index contributed by atoms with van der Waals surface area (Å²) in [4.78, 5) is 2.61. The second kappa shape index (κ2) is 5.25. The van der Waals surface area contributed by atoms with Crippen molar-refractivity contribution in [3.63, 3.8) is 0 Å². The lowest BCUT2D eigenvalue weighted by atomic mass is 9.63. The van der Waals surface area contributed by atoms with Gasteiger partial charge in [-0.3, -0.25) is 4.90 Å². The Morgan fingerprint density at radius 1 is 1.41 bits per heavy atom. The Morgan fingerprint density at radius 2 is 2.12 bits per heavy atom. The first-order chi connectivity index (χ1) is 8.07. The van der Waals surface area contributed by atoms with Crippen molar-refractivity contribution in [2.24, 2.45) is 17.6 Å². The third-order valence-corrected chi connectivity index (χ3v) is 4.73. The highest BCUT2D eigenvalue weighted by Crippen LogP contribution is 2.45. The van der Waals surface area contributed by atoms with Gasteiger partial charge in [0.15, 0.2) is 0 Å². The van der Waals surface area contributed by atoms with E-state index in [1.807, 2.05) is 0 Å². The molecule has 1 saturated heterocycles. The number of hydrogen-bond donors (Lipinski definition) is 1. The fourth-order valence-electron chi connectivity index (χ4n) is 3.37. The maximum absolute atomic E-state index is 6.08. The molecule has 1 aliphatic heterocycles. The van der Waals surface area contributed by atoms with Crippen LogP contribution in [0.4, 0.5) is 0 Å². The minimum atomic E-state index is 0.289. The molecule has 2 rings (SSSR count). The van der Waals surface area contributed by atoms with Gasteiger partial charge in [0.1, 0.15) is 0 Å². The van der Waals surface area contributed by atoms with Gasteiger partial charge in [0.2, 0.25) is 0 Å². The molecule has 17 heavy (non-hydrogen) atoms. The lowest BCUT2D eigenvalue weighted by molar-refractivity contribution is -0.0454. The van der Waals surface area contributed by atoms with Gasteiger partial charge in [-0.25, -0.2) is 0 Å². The van der Waals surface area contributed by atoms with Gasteiger partial charge < -0.3 is 10.5 Å². The monoisotopic (exact) mass is 240 g/mol. The predicted molar refractivity (Wildman–Crippen MR) is 71.0 cm³/mol. The van der Waals surface area contributed by atoms with Crippen molar-refractivity contribution in [3.8, 4) is 0 Å². The van der Waals surface area contributed by atoms with E-state index in [4.69, 9.17) is 10.5 Å². The average molecular weight is 240 g/mol. The summed E-state index contributed by atoms with van der Waals surface area (Å²) in [6.45, 7) is 10.8. The molecule has 0 aromatic heterocycles. The number of rotatable bonds is 3. The number of hydrogen-bond acceptors (Lipinski definition) is 3. The van der Waals surface area contributed by atoms with Crippen LogP contribution in [0, 0.1) is 11.8 Å². The van der Waals surface area contributed by atoms with Crippen molar-refractivity contribution in [2.45, 2.75) is 51.7 Å². The van der Waals surface area contributed by atoms with Gasteiger partial charge in [-0.05, 0) is 38.0 Å². The standard InChI is InChI=1S/C14H28N2O/c1-11(2)13-7-14(8-13,10-15)16-5-4-6-17-12(3)9-16/h11-13H,4-10,15H2,1-3H3. The third-order valence-electron chi connectivity index (χ3n) is 4.73. The normalized spacial score (nSPS) is 40.1. The molecule has 0 amide bonds. The molecular formula is C14H28N2O. The molecular weight excluding hydrogens is 212 g/mol. The Kier molecular flexibility index (Phi) is 4.11. The van der Waals surface area contributed by atoms with Gasteiger partial charge in [-0.15, -0.1) is 0 Å². The zero-order chi connectivity index (χ0) is 12.5. The molecule has 1 saturated carbocycles.